The molecular formula is C25H24N4O3S2. The Bertz CT molecular complexity index is 1430. The fraction of sp³-hybridized carbons (Fsp3) is 0.160. The summed E-state index contributed by atoms with van der Waals surface area (Å²) in [6.45, 7) is 5.77. The standard InChI is InChI=1S/C25H24N4O3S2/c1-16-13-14-20(18(3)15-16)22(19-10-5-4-6-11-19)29-34(31,32)25-28-27-24(33-25)26-23(30)21-12-8-7-9-17(21)2/h4-15,22,29H,1-3H3,(H,26,27,30)/t22-/m0/s1. The Kier molecular flexibility index (Phi) is 6.87. The molecular weight excluding hydrogens is 468 g/mol. The molecule has 1 heterocycles. The first-order valence-electron chi connectivity index (χ1n) is 10.6. The number of aryl methyl sites for hydroxylation is 3. The first-order valence-corrected chi connectivity index (χ1v) is 12.9. The molecule has 4 rings (SSSR count). The second-order valence-corrected chi connectivity index (χ2v) is 10.8. The van der Waals surface area contributed by atoms with Crippen LogP contribution in [0.15, 0.2) is 77.1 Å². The highest BCUT2D eigenvalue weighted by Crippen LogP contribution is 2.29. The molecule has 3 aromatic carbocycles. The third kappa shape index (κ3) is 5.22. The molecule has 0 fully saturated rings. The van der Waals surface area contributed by atoms with Crippen LogP contribution in [0.3, 0.4) is 0 Å². The summed E-state index contributed by atoms with van der Waals surface area (Å²) >= 11 is 0.803. The number of rotatable bonds is 7. The van der Waals surface area contributed by atoms with Gasteiger partial charge in [0.2, 0.25) is 9.47 Å². The topological polar surface area (TPSA) is 101 Å². The zero-order valence-electron chi connectivity index (χ0n) is 18.9. The molecule has 0 radical (unpaired) electrons. The number of carbonyl (C=O) groups excluding carboxylic acids is 1. The molecule has 0 unspecified atom stereocenters. The number of aromatic nitrogens is 2. The fourth-order valence-corrected chi connectivity index (χ4v) is 5.79. The minimum Gasteiger partial charge on any atom is -0.296 e. The number of nitrogens with one attached hydrogen (secondary N) is 2. The molecule has 174 valence electrons. The summed E-state index contributed by atoms with van der Waals surface area (Å²) in [5, 5.41) is 10.5. The predicted octanol–water partition coefficient (Wildman–Crippen LogP) is 4.78. The van der Waals surface area contributed by atoms with Crippen LogP contribution in [0.1, 0.15) is 44.2 Å². The summed E-state index contributed by atoms with van der Waals surface area (Å²) in [6, 6.07) is 21.8. The Morgan fingerprint density at radius 3 is 2.29 bits per heavy atom. The van der Waals surface area contributed by atoms with Gasteiger partial charge in [0.05, 0.1) is 6.04 Å². The zero-order chi connectivity index (χ0) is 24.3. The van der Waals surface area contributed by atoms with E-state index in [2.05, 4.69) is 20.2 Å². The molecule has 0 aliphatic carbocycles. The van der Waals surface area contributed by atoms with Crippen molar-refractivity contribution in [2.45, 2.75) is 31.2 Å². The number of amides is 1. The Balaban J connectivity index is 1.61. The molecule has 0 bridgehead atoms. The van der Waals surface area contributed by atoms with Crippen molar-refractivity contribution in [1.29, 1.82) is 0 Å². The van der Waals surface area contributed by atoms with Gasteiger partial charge in [-0.1, -0.05) is 83.6 Å². The number of hydrogen-bond donors (Lipinski definition) is 2. The summed E-state index contributed by atoms with van der Waals surface area (Å²) in [7, 11) is -4.03. The van der Waals surface area contributed by atoms with Gasteiger partial charge in [0.1, 0.15) is 0 Å². The van der Waals surface area contributed by atoms with Gasteiger partial charge in [0.25, 0.3) is 15.9 Å². The highest BCUT2D eigenvalue weighted by atomic mass is 32.2. The van der Waals surface area contributed by atoms with Crippen LogP contribution in [-0.4, -0.2) is 24.5 Å². The molecule has 4 aromatic rings. The zero-order valence-corrected chi connectivity index (χ0v) is 20.6. The Hall–Kier alpha value is -3.40. The van der Waals surface area contributed by atoms with Crippen molar-refractivity contribution in [2.24, 2.45) is 0 Å². The fourth-order valence-electron chi connectivity index (χ4n) is 3.67. The highest BCUT2D eigenvalue weighted by molar-refractivity contribution is 7.91. The van der Waals surface area contributed by atoms with E-state index in [9.17, 15) is 13.2 Å². The number of anilines is 1. The van der Waals surface area contributed by atoms with E-state index in [1.54, 1.807) is 12.1 Å². The Morgan fingerprint density at radius 2 is 1.59 bits per heavy atom. The van der Waals surface area contributed by atoms with E-state index in [1.807, 2.05) is 81.4 Å². The number of hydrogen-bond acceptors (Lipinski definition) is 6. The maximum Gasteiger partial charge on any atom is 0.270 e. The van der Waals surface area contributed by atoms with Crippen molar-refractivity contribution in [2.75, 3.05) is 5.32 Å². The van der Waals surface area contributed by atoms with E-state index in [1.165, 1.54) is 0 Å². The van der Waals surface area contributed by atoms with Crippen LogP contribution in [0.2, 0.25) is 0 Å². The van der Waals surface area contributed by atoms with Crippen molar-refractivity contribution < 1.29 is 13.2 Å². The molecule has 1 amide bonds. The van der Waals surface area contributed by atoms with Gasteiger partial charge in [0.15, 0.2) is 0 Å². The Labute approximate surface area is 202 Å². The summed E-state index contributed by atoms with van der Waals surface area (Å²) in [4.78, 5) is 12.6. The smallest absolute Gasteiger partial charge is 0.270 e. The molecule has 0 aliphatic heterocycles. The minimum absolute atomic E-state index is 0.108. The van der Waals surface area contributed by atoms with Gasteiger partial charge in [-0.2, -0.15) is 4.72 Å². The average molecular weight is 493 g/mol. The third-order valence-electron chi connectivity index (χ3n) is 5.39. The van der Waals surface area contributed by atoms with E-state index >= 15 is 0 Å². The maximum atomic E-state index is 13.3. The molecule has 1 atom stereocenters. The second-order valence-electron chi connectivity index (χ2n) is 7.97. The van der Waals surface area contributed by atoms with Crippen molar-refractivity contribution in [3.05, 3.63) is 106 Å². The predicted molar refractivity (Wildman–Crippen MR) is 134 cm³/mol. The summed E-state index contributed by atoms with van der Waals surface area (Å²) < 4.78 is 29.1. The Morgan fingerprint density at radius 1 is 0.882 bits per heavy atom. The summed E-state index contributed by atoms with van der Waals surface area (Å²) in [6.07, 6.45) is 0. The SMILES string of the molecule is Cc1ccc([C@@H](NS(=O)(=O)c2nnc(NC(=O)c3ccccc3C)s2)c2ccccc2)c(C)c1. The van der Waals surface area contributed by atoms with Crippen LogP contribution >= 0.6 is 11.3 Å². The van der Waals surface area contributed by atoms with E-state index in [0.717, 1.165) is 39.2 Å². The third-order valence-corrected chi connectivity index (χ3v) is 8.02. The number of carbonyl (C=O) groups is 1. The lowest BCUT2D eigenvalue weighted by Crippen LogP contribution is -2.30. The molecule has 0 aliphatic rings. The van der Waals surface area contributed by atoms with Crippen LogP contribution in [0.4, 0.5) is 5.13 Å². The average Bonchev–Trinajstić information content (AvgIpc) is 3.28. The van der Waals surface area contributed by atoms with Gasteiger partial charge in [-0.3, -0.25) is 10.1 Å². The van der Waals surface area contributed by atoms with E-state index in [0.29, 0.717) is 5.56 Å². The van der Waals surface area contributed by atoms with Crippen molar-refractivity contribution in [1.82, 2.24) is 14.9 Å². The van der Waals surface area contributed by atoms with Crippen LogP contribution in [-0.2, 0) is 10.0 Å². The molecule has 1 aromatic heterocycles. The van der Waals surface area contributed by atoms with Gasteiger partial charge in [-0.25, -0.2) is 8.42 Å². The first-order chi connectivity index (χ1) is 16.2. The number of sulfonamides is 1. The molecule has 9 heteroatoms. The monoisotopic (exact) mass is 492 g/mol. The van der Waals surface area contributed by atoms with Gasteiger partial charge in [-0.15, -0.1) is 10.2 Å². The molecule has 2 N–H and O–H groups in total. The normalized spacial score (nSPS) is 12.3. The maximum absolute atomic E-state index is 13.3. The van der Waals surface area contributed by atoms with Crippen molar-refractivity contribution >= 4 is 32.4 Å². The van der Waals surface area contributed by atoms with Gasteiger partial charge >= 0.3 is 0 Å². The van der Waals surface area contributed by atoms with Gasteiger partial charge in [-0.05, 0) is 49.1 Å². The van der Waals surface area contributed by atoms with E-state index in [4.69, 9.17) is 0 Å². The highest BCUT2D eigenvalue weighted by Gasteiger charge is 2.27. The van der Waals surface area contributed by atoms with E-state index in [-0.39, 0.29) is 15.4 Å². The first kappa shape index (κ1) is 23.7. The van der Waals surface area contributed by atoms with Gasteiger partial charge < -0.3 is 0 Å². The molecule has 0 saturated carbocycles. The van der Waals surface area contributed by atoms with Crippen LogP contribution < -0.4 is 10.0 Å². The lowest BCUT2D eigenvalue weighted by Gasteiger charge is -2.21. The quantitative estimate of drug-likeness (QED) is 0.362. The van der Waals surface area contributed by atoms with Crippen LogP contribution in [0, 0.1) is 20.8 Å². The van der Waals surface area contributed by atoms with Gasteiger partial charge in [0, 0.05) is 5.56 Å². The number of benzene rings is 3. The van der Waals surface area contributed by atoms with Crippen molar-refractivity contribution in [3.8, 4) is 0 Å². The minimum atomic E-state index is -4.03. The molecule has 7 nitrogen and oxygen atoms in total. The molecule has 0 spiro atoms. The second kappa shape index (κ2) is 9.84. The number of nitrogens with zero attached hydrogens (tertiary/aromatic N) is 2. The van der Waals surface area contributed by atoms with Crippen molar-refractivity contribution in [3.63, 3.8) is 0 Å². The molecule has 34 heavy (non-hydrogen) atoms. The van der Waals surface area contributed by atoms with Crippen LogP contribution in [0.5, 0.6) is 0 Å². The largest absolute Gasteiger partial charge is 0.296 e. The lowest BCUT2D eigenvalue weighted by molar-refractivity contribution is 0.102. The van der Waals surface area contributed by atoms with E-state index < -0.39 is 16.1 Å². The van der Waals surface area contributed by atoms with Crippen LogP contribution in [0.25, 0.3) is 0 Å². The summed E-state index contributed by atoms with van der Waals surface area (Å²) in [5.74, 6) is -0.372. The lowest BCUT2D eigenvalue weighted by atomic mass is 9.95. The molecule has 0 saturated heterocycles. The summed E-state index contributed by atoms with van der Waals surface area (Å²) in [5.41, 5.74) is 5.00.